The largest absolute Gasteiger partial charge is 0.468 e. The lowest BCUT2D eigenvalue weighted by Crippen LogP contribution is -2.36. The third-order valence-electron chi connectivity index (χ3n) is 2.44. The summed E-state index contributed by atoms with van der Waals surface area (Å²) in [5.74, 6) is 0.591. The van der Waals surface area contributed by atoms with Gasteiger partial charge in [0, 0.05) is 13.1 Å². The molecule has 1 aromatic heterocycles. The Morgan fingerprint density at radius 3 is 2.75 bits per heavy atom. The number of aromatic nitrogens is 3. The summed E-state index contributed by atoms with van der Waals surface area (Å²) in [6, 6.07) is 0.246. The SMILES string of the molecule is COC(=O)CN(Cc1ncnn1C)C(C)C. The lowest BCUT2D eigenvalue weighted by molar-refractivity contribution is -0.142. The molecule has 0 aromatic carbocycles. The molecule has 0 fully saturated rings. The van der Waals surface area contributed by atoms with Gasteiger partial charge in [0.1, 0.15) is 12.2 Å². The van der Waals surface area contributed by atoms with Crippen molar-refractivity contribution in [2.45, 2.75) is 26.4 Å². The number of nitrogens with zero attached hydrogens (tertiary/aromatic N) is 4. The molecule has 0 saturated carbocycles. The van der Waals surface area contributed by atoms with Crippen molar-refractivity contribution < 1.29 is 9.53 Å². The van der Waals surface area contributed by atoms with E-state index in [9.17, 15) is 4.79 Å². The molecule has 0 aliphatic rings. The Morgan fingerprint density at radius 1 is 1.62 bits per heavy atom. The number of hydrogen-bond donors (Lipinski definition) is 0. The average Bonchev–Trinajstić information content (AvgIpc) is 2.63. The van der Waals surface area contributed by atoms with Gasteiger partial charge in [0.2, 0.25) is 0 Å². The standard InChI is InChI=1S/C10H18N4O2/c1-8(2)14(6-10(15)16-4)5-9-11-7-12-13(9)3/h7-8H,5-6H2,1-4H3. The fourth-order valence-corrected chi connectivity index (χ4v) is 1.30. The van der Waals surface area contributed by atoms with Gasteiger partial charge in [-0.15, -0.1) is 0 Å². The highest BCUT2D eigenvalue weighted by atomic mass is 16.5. The summed E-state index contributed by atoms with van der Waals surface area (Å²) in [6.45, 7) is 4.91. The van der Waals surface area contributed by atoms with Crippen LogP contribution in [-0.4, -0.2) is 45.3 Å². The first-order valence-electron chi connectivity index (χ1n) is 5.18. The number of rotatable bonds is 5. The van der Waals surface area contributed by atoms with Crippen molar-refractivity contribution in [2.24, 2.45) is 7.05 Å². The van der Waals surface area contributed by atoms with Gasteiger partial charge in [-0.25, -0.2) is 4.98 Å². The molecule has 1 rings (SSSR count). The smallest absolute Gasteiger partial charge is 0.319 e. The van der Waals surface area contributed by atoms with Crippen molar-refractivity contribution in [3.8, 4) is 0 Å². The summed E-state index contributed by atoms with van der Waals surface area (Å²) in [5, 5.41) is 3.99. The van der Waals surface area contributed by atoms with Crippen LogP contribution >= 0.6 is 0 Å². The van der Waals surface area contributed by atoms with Gasteiger partial charge >= 0.3 is 5.97 Å². The fraction of sp³-hybridized carbons (Fsp3) is 0.700. The molecule has 1 heterocycles. The molecule has 0 unspecified atom stereocenters. The van der Waals surface area contributed by atoms with Crippen LogP contribution in [0.2, 0.25) is 0 Å². The van der Waals surface area contributed by atoms with Gasteiger partial charge in [-0.2, -0.15) is 5.10 Å². The van der Waals surface area contributed by atoms with E-state index in [-0.39, 0.29) is 18.6 Å². The number of ether oxygens (including phenoxy) is 1. The van der Waals surface area contributed by atoms with Gasteiger partial charge in [0.25, 0.3) is 0 Å². The summed E-state index contributed by atoms with van der Waals surface area (Å²) >= 11 is 0. The summed E-state index contributed by atoms with van der Waals surface area (Å²) < 4.78 is 6.36. The molecule has 0 atom stereocenters. The first kappa shape index (κ1) is 12.6. The predicted octanol–water partition coefficient (Wildman–Crippen LogP) is 0.198. The van der Waals surface area contributed by atoms with Crippen molar-refractivity contribution >= 4 is 5.97 Å². The second-order valence-corrected chi connectivity index (χ2v) is 3.87. The van der Waals surface area contributed by atoms with E-state index in [1.165, 1.54) is 13.4 Å². The van der Waals surface area contributed by atoms with Crippen LogP contribution in [0.1, 0.15) is 19.7 Å². The van der Waals surface area contributed by atoms with Crippen molar-refractivity contribution in [1.29, 1.82) is 0 Å². The van der Waals surface area contributed by atoms with Crippen LogP contribution in [0.25, 0.3) is 0 Å². The molecule has 0 aliphatic heterocycles. The molecule has 0 amide bonds. The van der Waals surface area contributed by atoms with Crippen LogP contribution in [0.5, 0.6) is 0 Å². The number of carbonyl (C=O) groups excluding carboxylic acids is 1. The molecule has 1 aromatic rings. The van der Waals surface area contributed by atoms with Crippen LogP contribution < -0.4 is 0 Å². The number of carbonyl (C=O) groups is 1. The Kier molecular flexibility index (Phi) is 4.42. The Morgan fingerprint density at radius 2 is 2.31 bits per heavy atom. The molecule has 0 saturated heterocycles. The van der Waals surface area contributed by atoms with Gasteiger partial charge in [-0.1, -0.05) is 0 Å². The van der Waals surface area contributed by atoms with E-state index in [1.54, 1.807) is 4.68 Å². The third-order valence-corrected chi connectivity index (χ3v) is 2.44. The Hall–Kier alpha value is -1.43. The highest BCUT2D eigenvalue weighted by Gasteiger charge is 2.16. The highest BCUT2D eigenvalue weighted by molar-refractivity contribution is 5.71. The number of methoxy groups -OCH3 is 1. The zero-order valence-electron chi connectivity index (χ0n) is 10.2. The summed E-state index contributed by atoms with van der Waals surface area (Å²) in [5.41, 5.74) is 0. The molecular weight excluding hydrogens is 208 g/mol. The molecule has 90 valence electrons. The Balaban J connectivity index is 2.65. The number of aryl methyl sites for hydroxylation is 1. The van der Waals surface area contributed by atoms with Crippen LogP contribution in [0.15, 0.2) is 6.33 Å². The monoisotopic (exact) mass is 226 g/mol. The zero-order chi connectivity index (χ0) is 12.1. The van der Waals surface area contributed by atoms with Gasteiger partial charge < -0.3 is 4.74 Å². The Labute approximate surface area is 95.2 Å². The quantitative estimate of drug-likeness (QED) is 0.671. The van der Waals surface area contributed by atoms with E-state index in [1.807, 2.05) is 25.8 Å². The molecule has 0 bridgehead atoms. The van der Waals surface area contributed by atoms with Crippen LogP contribution in [-0.2, 0) is 23.1 Å². The normalized spacial score (nSPS) is 11.1. The van der Waals surface area contributed by atoms with Crippen molar-refractivity contribution in [3.63, 3.8) is 0 Å². The molecule has 0 aliphatic carbocycles. The minimum Gasteiger partial charge on any atom is -0.468 e. The maximum Gasteiger partial charge on any atom is 0.319 e. The molecule has 16 heavy (non-hydrogen) atoms. The van der Waals surface area contributed by atoms with Crippen molar-refractivity contribution in [2.75, 3.05) is 13.7 Å². The van der Waals surface area contributed by atoms with Crippen LogP contribution in [0, 0.1) is 0 Å². The van der Waals surface area contributed by atoms with E-state index < -0.39 is 0 Å². The molecule has 6 heteroatoms. The first-order chi connectivity index (χ1) is 7.54. The molecule has 0 radical (unpaired) electrons. The molecule has 0 spiro atoms. The van der Waals surface area contributed by atoms with E-state index in [0.29, 0.717) is 6.54 Å². The molecular formula is C10H18N4O2. The lowest BCUT2D eigenvalue weighted by Gasteiger charge is -2.24. The van der Waals surface area contributed by atoms with Crippen molar-refractivity contribution in [3.05, 3.63) is 12.2 Å². The number of esters is 1. The molecule has 0 N–H and O–H groups in total. The predicted molar refractivity (Wildman–Crippen MR) is 58.6 cm³/mol. The average molecular weight is 226 g/mol. The topological polar surface area (TPSA) is 60.2 Å². The van der Waals surface area contributed by atoms with Gasteiger partial charge in [-0.3, -0.25) is 14.4 Å². The van der Waals surface area contributed by atoms with E-state index in [0.717, 1.165) is 5.82 Å². The maximum atomic E-state index is 11.2. The highest BCUT2D eigenvalue weighted by Crippen LogP contribution is 2.05. The zero-order valence-corrected chi connectivity index (χ0v) is 10.2. The maximum absolute atomic E-state index is 11.2. The van der Waals surface area contributed by atoms with Crippen LogP contribution in [0.3, 0.4) is 0 Å². The van der Waals surface area contributed by atoms with E-state index >= 15 is 0 Å². The minimum atomic E-state index is -0.240. The first-order valence-corrected chi connectivity index (χ1v) is 5.18. The van der Waals surface area contributed by atoms with Crippen molar-refractivity contribution in [1.82, 2.24) is 19.7 Å². The summed E-state index contributed by atoms with van der Waals surface area (Å²) in [6.07, 6.45) is 1.51. The fourth-order valence-electron chi connectivity index (χ4n) is 1.30. The lowest BCUT2D eigenvalue weighted by atomic mass is 10.3. The van der Waals surface area contributed by atoms with Gasteiger partial charge in [0.15, 0.2) is 0 Å². The van der Waals surface area contributed by atoms with Gasteiger partial charge in [0.05, 0.1) is 20.2 Å². The summed E-state index contributed by atoms with van der Waals surface area (Å²) in [7, 11) is 3.22. The van der Waals surface area contributed by atoms with E-state index in [4.69, 9.17) is 0 Å². The minimum absolute atomic E-state index is 0.240. The van der Waals surface area contributed by atoms with Gasteiger partial charge in [-0.05, 0) is 13.8 Å². The molecule has 6 nitrogen and oxygen atoms in total. The second kappa shape index (κ2) is 5.60. The van der Waals surface area contributed by atoms with E-state index in [2.05, 4.69) is 14.8 Å². The summed E-state index contributed by atoms with van der Waals surface area (Å²) in [4.78, 5) is 17.3. The number of hydrogen-bond acceptors (Lipinski definition) is 5. The third kappa shape index (κ3) is 3.30. The Bertz CT molecular complexity index is 348. The van der Waals surface area contributed by atoms with Crippen LogP contribution in [0.4, 0.5) is 0 Å². The second-order valence-electron chi connectivity index (χ2n) is 3.87.